The maximum absolute atomic E-state index is 13.2. The van der Waals surface area contributed by atoms with Crippen LogP contribution in [0.1, 0.15) is 78.6 Å². The van der Waals surface area contributed by atoms with Crippen LogP contribution in [0.5, 0.6) is 0 Å². The summed E-state index contributed by atoms with van der Waals surface area (Å²) >= 11 is 1.50. The third-order valence-corrected chi connectivity index (χ3v) is 7.87. The van der Waals surface area contributed by atoms with Crippen molar-refractivity contribution in [2.75, 3.05) is 5.32 Å². The average molecular weight is 431 g/mol. The molecule has 0 saturated heterocycles. The molecule has 6 nitrogen and oxygen atoms in total. The molecule has 162 valence electrons. The first-order chi connectivity index (χ1) is 14.5. The van der Waals surface area contributed by atoms with Crippen LogP contribution >= 0.6 is 11.3 Å². The zero-order chi connectivity index (χ0) is 21.1. The molecule has 3 aliphatic rings. The second-order valence-corrected chi connectivity index (χ2v) is 9.81. The average Bonchev–Trinajstić information content (AvgIpc) is 3.12. The molecule has 30 heavy (non-hydrogen) atoms. The third kappa shape index (κ3) is 4.46. The number of nitrogens with one attached hydrogen (secondary N) is 2. The second kappa shape index (κ2) is 9.33. The summed E-state index contributed by atoms with van der Waals surface area (Å²) in [5, 5.41) is 16.3. The summed E-state index contributed by atoms with van der Waals surface area (Å²) in [6.45, 7) is 0. The summed E-state index contributed by atoms with van der Waals surface area (Å²) in [6.07, 6.45) is 13.9. The number of hydrogen-bond donors (Lipinski definition) is 3. The fourth-order valence-corrected chi connectivity index (χ4v) is 6.27. The van der Waals surface area contributed by atoms with Gasteiger partial charge in [0.05, 0.1) is 17.4 Å². The first kappa shape index (κ1) is 21.1. The highest BCUT2D eigenvalue weighted by molar-refractivity contribution is 7.17. The maximum Gasteiger partial charge on any atom is 0.307 e. The molecule has 0 radical (unpaired) electrons. The monoisotopic (exact) mass is 430 g/mol. The number of carboxylic acids is 1. The van der Waals surface area contributed by atoms with Gasteiger partial charge in [-0.05, 0) is 56.9 Å². The predicted molar refractivity (Wildman–Crippen MR) is 117 cm³/mol. The van der Waals surface area contributed by atoms with Crippen molar-refractivity contribution in [2.24, 2.45) is 11.8 Å². The fourth-order valence-electron chi connectivity index (χ4n) is 4.98. The van der Waals surface area contributed by atoms with Gasteiger partial charge in [-0.1, -0.05) is 31.4 Å². The number of allylic oxidation sites excluding steroid dienone is 2. The number of amides is 2. The van der Waals surface area contributed by atoms with E-state index in [-0.39, 0.29) is 17.9 Å². The van der Waals surface area contributed by atoms with Crippen molar-refractivity contribution < 1.29 is 19.5 Å². The van der Waals surface area contributed by atoms with Crippen molar-refractivity contribution in [3.63, 3.8) is 0 Å². The lowest BCUT2D eigenvalue weighted by Gasteiger charge is -2.25. The van der Waals surface area contributed by atoms with Crippen LogP contribution < -0.4 is 10.6 Å². The van der Waals surface area contributed by atoms with Gasteiger partial charge >= 0.3 is 5.97 Å². The van der Waals surface area contributed by atoms with Gasteiger partial charge in [-0.15, -0.1) is 11.3 Å². The first-order valence-electron chi connectivity index (χ1n) is 11.2. The second-order valence-electron chi connectivity index (χ2n) is 8.71. The van der Waals surface area contributed by atoms with E-state index in [9.17, 15) is 19.5 Å². The lowest BCUT2D eigenvalue weighted by Crippen LogP contribution is -2.37. The van der Waals surface area contributed by atoms with Crippen molar-refractivity contribution in [3.8, 4) is 0 Å². The fraction of sp³-hybridized carbons (Fsp3) is 0.609. The molecule has 0 aliphatic heterocycles. The molecule has 0 bridgehead atoms. The molecule has 1 fully saturated rings. The molecule has 0 aromatic carbocycles. The van der Waals surface area contributed by atoms with Gasteiger partial charge in [0.1, 0.15) is 5.00 Å². The summed E-state index contributed by atoms with van der Waals surface area (Å²) < 4.78 is 0. The lowest BCUT2D eigenvalue weighted by atomic mass is 9.82. The van der Waals surface area contributed by atoms with E-state index < -0.39 is 17.8 Å². The Morgan fingerprint density at radius 1 is 0.933 bits per heavy atom. The Bertz CT molecular complexity index is 854. The van der Waals surface area contributed by atoms with Gasteiger partial charge in [-0.25, -0.2) is 0 Å². The van der Waals surface area contributed by atoms with Crippen LogP contribution in [0.3, 0.4) is 0 Å². The molecule has 3 N–H and O–H groups in total. The number of fused-ring (bicyclic) bond motifs is 1. The third-order valence-electron chi connectivity index (χ3n) is 6.66. The number of aryl methyl sites for hydroxylation is 1. The molecule has 4 rings (SSSR count). The topological polar surface area (TPSA) is 95.5 Å². The van der Waals surface area contributed by atoms with Gasteiger partial charge in [0, 0.05) is 10.9 Å². The smallest absolute Gasteiger partial charge is 0.307 e. The quantitative estimate of drug-likeness (QED) is 0.607. The minimum Gasteiger partial charge on any atom is -0.481 e. The minimum absolute atomic E-state index is 0.0880. The van der Waals surface area contributed by atoms with Crippen LogP contribution in [0.25, 0.3) is 0 Å². The Balaban J connectivity index is 1.57. The maximum atomic E-state index is 13.2. The molecular formula is C23H30N2O4S. The molecule has 7 heteroatoms. The highest BCUT2D eigenvalue weighted by atomic mass is 32.1. The van der Waals surface area contributed by atoms with E-state index in [0.717, 1.165) is 56.9 Å². The Morgan fingerprint density at radius 3 is 2.37 bits per heavy atom. The molecular weight excluding hydrogens is 400 g/mol. The number of aliphatic carboxylic acids is 1. The van der Waals surface area contributed by atoms with E-state index in [1.165, 1.54) is 22.6 Å². The number of hydrogen-bond acceptors (Lipinski definition) is 4. The van der Waals surface area contributed by atoms with Crippen molar-refractivity contribution in [2.45, 2.75) is 76.7 Å². The van der Waals surface area contributed by atoms with E-state index in [1.54, 1.807) is 0 Å². The standard InChI is InChI=1S/C23H30N2O4S/c26-20(15-10-4-5-11-16(15)23(28)29)25-22-19(17-12-6-7-13-18(17)30-22)21(27)24-14-8-2-1-3-9-14/h4-5,14-16H,1-3,6-13H2,(H,24,27)(H,25,26)(H,28,29)/t15-,16+/m0/s1. The van der Waals surface area contributed by atoms with E-state index >= 15 is 0 Å². The summed E-state index contributed by atoms with van der Waals surface area (Å²) in [5.41, 5.74) is 1.69. The molecule has 1 heterocycles. The molecule has 1 saturated carbocycles. The van der Waals surface area contributed by atoms with Crippen LogP contribution in [-0.2, 0) is 22.4 Å². The van der Waals surface area contributed by atoms with Gasteiger partial charge in [-0.3, -0.25) is 14.4 Å². The molecule has 2 amide bonds. The molecule has 2 atom stereocenters. The summed E-state index contributed by atoms with van der Waals surface area (Å²) in [5.74, 6) is -2.66. The summed E-state index contributed by atoms with van der Waals surface area (Å²) in [6, 6.07) is 0.203. The normalized spacial score (nSPS) is 24.1. The van der Waals surface area contributed by atoms with Crippen molar-refractivity contribution in [1.29, 1.82) is 0 Å². The predicted octanol–water partition coefficient (Wildman–Crippen LogP) is 4.29. The number of carbonyl (C=O) groups is 3. The molecule has 0 unspecified atom stereocenters. The number of carbonyl (C=O) groups excluding carboxylic acids is 2. The zero-order valence-corrected chi connectivity index (χ0v) is 18.1. The Morgan fingerprint density at radius 2 is 1.63 bits per heavy atom. The summed E-state index contributed by atoms with van der Waals surface area (Å²) in [7, 11) is 0. The van der Waals surface area contributed by atoms with Gasteiger partial charge in [-0.2, -0.15) is 0 Å². The SMILES string of the molecule is O=C(NC1CCCCC1)c1c(NC(=O)[C@H]2CC=CC[C@H]2C(=O)O)sc2c1CCCC2. The van der Waals surface area contributed by atoms with E-state index in [2.05, 4.69) is 10.6 Å². The Labute approximate surface area is 181 Å². The number of rotatable bonds is 5. The van der Waals surface area contributed by atoms with E-state index in [0.29, 0.717) is 23.4 Å². The Kier molecular flexibility index (Phi) is 6.56. The van der Waals surface area contributed by atoms with E-state index in [4.69, 9.17) is 0 Å². The van der Waals surface area contributed by atoms with Crippen LogP contribution in [-0.4, -0.2) is 28.9 Å². The molecule has 1 aromatic rings. The number of thiophene rings is 1. The zero-order valence-electron chi connectivity index (χ0n) is 17.2. The van der Waals surface area contributed by atoms with Gasteiger partial charge in [0.25, 0.3) is 5.91 Å². The van der Waals surface area contributed by atoms with Gasteiger partial charge < -0.3 is 15.7 Å². The van der Waals surface area contributed by atoms with Crippen molar-refractivity contribution in [3.05, 3.63) is 28.2 Å². The van der Waals surface area contributed by atoms with Crippen LogP contribution in [0.4, 0.5) is 5.00 Å². The van der Waals surface area contributed by atoms with Gasteiger partial charge in [0.2, 0.25) is 5.91 Å². The van der Waals surface area contributed by atoms with Gasteiger partial charge in [0.15, 0.2) is 0 Å². The molecule has 0 spiro atoms. The highest BCUT2D eigenvalue weighted by Crippen LogP contribution is 2.39. The number of carboxylic acid groups (broad SMARTS) is 1. The van der Waals surface area contributed by atoms with E-state index in [1.807, 2.05) is 12.2 Å². The molecule has 3 aliphatic carbocycles. The number of anilines is 1. The van der Waals surface area contributed by atoms with Crippen LogP contribution in [0, 0.1) is 11.8 Å². The molecule has 1 aromatic heterocycles. The van der Waals surface area contributed by atoms with Crippen LogP contribution in [0.2, 0.25) is 0 Å². The van der Waals surface area contributed by atoms with Crippen molar-refractivity contribution >= 4 is 34.1 Å². The van der Waals surface area contributed by atoms with Crippen LogP contribution in [0.15, 0.2) is 12.2 Å². The summed E-state index contributed by atoms with van der Waals surface area (Å²) in [4.78, 5) is 39.0. The Hall–Kier alpha value is -2.15. The first-order valence-corrected chi connectivity index (χ1v) is 12.0. The minimum atomic E-state index is -0.944. The highest BCUT2D eigenvalue weighted by Gasteiger charge is 2.35. The largest absolute Gasteiger partial charge is 0.481 e. The lowest BCUT2D eigenvalue weighted by molar-refractivity contribution is -0.146. The van der Waals surface area contributed by atoms with Crippen molar-refractivity contribution in [1.82, 2.24) is 5.32 Å².